The van der Waals surface area contributed by atoms with Crippen LogP contribution in [0.2, 0.25) is 0 Å². The van der Waals surface area contributed by atoms with Crippen molar-refractivity contribution in [2.75, 3.05) is 41.4 Å². The highest BCUT2D eigenvalue weighted by Gasteiger charge is 2.58. The van der Waals surface area contributed by atoms with Crippen LogP contribution in [0.3, 0.4) is 0 Å². The molecule has 320 valence electrons. The summed E-state index contributed by atoms with van der Waals surface area (Å²) in [5.41, 5.74) is 0.303. The average Bonchev–Trinajstić information content (AvgIpc) is 3.56. The van der Waals surface area contributed by atoms with Gasteiger partial charge in [-0.25, -0.2) is 0 Å². The lowest BCUT2D eigenvalue weighted by Gasteiger charge is -2.62. The van der Waals surface area contributed by atoms with Gasteiger partial charge in [-0.1, -0.05) is 59.3 Å². The van der Waals surface area contributed by atoms with Crippen LogP contribution in [-0.2, 0) is 24.0 Å². The average molecular weight is 788 g/mol. The fourth-order valence-corrected chi connectivity index (χ4v) is 12.9. The second kappa shape index (κ2) is 18.6. The quantitative estimate of drug-likeness (QED) is 0.175. The van der Waals surface area contributed by atoms with Gasteiger partial charge >= 0.3 is 0 Å². The molecular weight excluding hydrogens is 711 g/mol. The molecule has 0 spiro atoms. The first-order valence-corrected chi connectivity index (χ1v) is 22.4. The summed E-state index contributed by atoms with van der Waals surface area (Å²) < 4.78 is 6.41. The first-order valence-electron chi connectivity index (χ1n) is 22.4. The Morgan fingerprint density at radius 1 is 0.982 bits per heavy atom. The summed E-state index contributed by atoms with van der Waals surface area (Å²) in [6.45, 7) is 8.84. The van der Waals surface area contributed by atoms with Gasteiger partial charge in [-0.05, 0) is 113 Å². The van der Waals surface area contributed by atoms with Gasteiger partial charge in [-0.2, -0.15) is 5.06 Å². The largest absolute Gasteiger partial charge is 0.394 e. The highest BCUT2D eigenvalue weighted by Crippen LogP contribution is 2.61. The molecule has 0 aromatic heterocycles. The number of hydrogen-bond donors (Lipinski definition) is 5. The molecule has 1 saturated heterocycles. The van der Waals surface area contributed by atoms with Crippen molar-refractivity contribution in [3.63, 3.8) is 0 Å². The third-order valence-corrected chi connectivity index (χ3v) is 16.3. The zero-order valence-corrected chi connectivity index (χ0v) is 35.9. The van der Waals surface area contributed by atoms with Crippen molar-refractivity contribution in [1.82, 2.24) is 25.9 Å². The van der Waals surface area contributed by atoms with E-state index >= 15 is 0 Å². The zero-order valence-electron chi connectivity index (χ0n) is 35.9. The van der Waals surface area contributed by atoms with E-state index in [2.05, 4.69) is 55.7 Å². The lowest BCUT2D eigenvalue weighted by Crippen LogP contribution is -2.62. The van der Waals surface area contributed by atoms with Crippen LogP contribution >= 0.6 is 0 Å². The fourth-order valence-electron chi connectivity index (χ4n) is 12.9. The Labute approximate surface area is 337 Å². The van der Waals surface area contributed by atoms with Crippen molar-refractivity contribution in [3.8, 4) is 0 Å². The van der Waals surface area contributed by atoms with Crippen LogP contribution in [0.25, 0.3) is 0 Å². The Balaban J connectivity index is 1.16. The second-order valence-corrected chi connectivity index (χ2v) is 20.0. The van der Waals surface area contributed by atoms with Gasteiger partial charge in [0.15, 0.2) is 0 Å². The Hall–Kier alpha value is -1.83. The summed E-state index contributed by atoms with van der Waals surface area (Å²) in [5, 5.41) is 32.7. The molecule has 56 heavy (non-hydrogen) atoms. The minimum atomic E-state index is -0.847. The molecule has 5 N–H and O–H groups in total. The molecule has 0 radical (unpaired) electrons. The predicted molar refractivity (Wildman–Crippen MR) is 216 cm³/mol. The summed E-state index contributed by atoms with van der Waals surface area (Å²) in [5.74, 6) is 1.49. The molecule has 7 aliphatic rings. The second-order valence-electron chi connectivity index (χ2n) is 20.0. The smallest absolute Gasteiger partial charge is 0.242 e. The van der Waals surface area contributed by atoms with Gasteiger partial charge in [0.25, 0.3) is 0 Å². The molecule has 2 bridgehead atoms. The van der Waals surface area contributed by atoms with Crippen LogP contribution in [0, 0.1) is 58.7 Å². The van der Waals surface area contributed by atoms with E-state index in [0.29, 0.717) is 42.1 Å². The lowest BCUT2D eigenvalue weighted by atomic mass is 9.45. The first-order chi connectivity index (χ1) is 26.7. The predicted octanol–water partition coefficient (Wildman–Crippen LogP) is 4.13. The van der Waals surface area contributed by atoms with Gasteiger partial charge in [0, 0.05) is 50.5 Å². The van der Waals surface area contributed by atoms with Crippen LogP contribution in [0.4, 0.5) is 0 Å². The van der Waals surface area contributed by atoms with Crippen LogP contribution in [0.5, 0.6) is 0 Å². The highest BCUT2D eigenvalue weighted by molar-refractivity contribution is 5.88. The molecule has 6 saturated carbocycles. The van der Waals surface area contributed by atoms with Gasteiger partial charge in [0.2, 0.25) is 17.7 Å². The number of nitrogens with one attached hydrogen (secondary N) is 3. The number of likely N-dealkylation sites (N-methyl/N-ethyl adjacent to an activating group) is 1. The Bertz CT molecular complexity index is 1340. The van der Waals surface area contributed by atoms with E-state index in [0.717, 1.165) is 57.8 Å². The van der Waals surface area contributed by atoms with E-state index in [-0.39, 0.29) is 66.2 Å². The van der Waals surface area contributed by atoms with Crippen LogP contribution < -0.4 is 16.0 Å². The van der Waals surface area contributed by atoms with Crippen molar-refractivity contribution >= 4 is 17.7 Å². The van der Waals surface area contributed by atoms with Gasteiger partial charge < -0.3 is 35.8 Å². The molecule has 12 nitrogen and oxygen atoms in total. The maximum Gasteiger partial charge on any atom is 0.242 e. The Morgan fingerprint density at radius 3 is 2.32 bits per heavy atom. The van der Waals surface area contributed by atoms with E-state index in [1.54, 1.807) is 26.1 Å². The van der Waals surface area contributed by atoms with Crippen molar-refractivity contribution < 1.29 is 34.2 Å². The number of carbonyl (C=O) groups excluding carboxylic acids is 3. The van der Waals surface area contributed by atoms with E-state index < -0.39 is 30.2 Å². The number of ether oxygens (including phenoxy) is 1. The van der Waals surface area contributed by atoms with Crippen LogP contribution in [0.1, 0.15) is 118 Å². The van der Waals surface area contributed by atoms with E-state index in [1.807, 2.05) is 0 Å². The van der Waals surface area contributed by atoms with E-state index in [1.165, 1.54) is 25.7 Å². The lowest BCUT2D eigenvalue weighted by molar-refractivity contribution is -0.193. The molecular formula is C44H77N5O7. The summed E-state index contributed by atoms with van der Waals surface area (Å²) in [4.78, 5) is 50.2. The number of aliphatic hydroxyl groups is 2. The number of amides is 3. The van der Waals surface area contributed by atoms with Crippen molar-refractivity contribution in [2.45, 2.75) is 160 Å². The molecule has 6 aliphatic carbocycles. The molecule has 6 unspecified atom stereocenters. The molecule has 12 heteroatoms. The summed E-state index contributed by atoms with van der Waals surface area (Å²) in [6, 6.07) is -0.941. The van der Waals surface area contributed by atoms with E-state index in [4.69, 9.17) is 9.57 Å². The number of aliphatic hydroxyl groups excluding tert-OH is 2. The molecule has 7 fully saturated rings. The van der Waals surface area contributed by atoms with Gasteiger partial charge in [0.05, 0.1) is 18.8 Å². The minimum Gasteiger partial charge on any atom is -0.394 e. The van der Waals surface area contributed by atoms with Crippen molar-refractivity contribution in [3.05, 3.63) is 0 Å². The number of nitrogens with zero attached hydrogens (tertiary/aromatic N) is 2. The monoisotopic (exact) mass is 788 g/mol. The number of fused-ring (bicyclic) bond motifs is 2. The number of hydroxylamine groups is 2. The van der Waals surface area contributed by atoms with Crippen molar-refractivity contribution in [2.24, 2.45) is 58.7 Å². The normalized spacial score (nSPS) is 40.0. The SMILES string of the molecule is CNC(=O)[C@H](CC1CCCCC1)NC(=O)C1CC(C2CCCC(CN3O[C@@H](CO)[C@@H]([C@H](C)O)[C@H]3C(=O)N[C@@H]3C[C@H]4C[C@@H]([C@@H]3C)C4(C)C)C2OC)CC(N(C)C)C1. The zero-order chi connectivity index (χ0) is 40.5. The number of hydrogen-bond acceptors (Lipinski definition) is 9. The molecule has 1 heterocycles. The van der Waals surface area contributed by atoms with Gasteiger partial charge in [-0.15, -0.1) is 0 Å². The number of carbonyl (C=O) groups is 3. The standard InChI is InChI=1S/C44H77N5O7/c1-25-34-21-31(44(34,3)4)22-35(25)46-43(54)39-38(26(2)51)37(24-50)56-49(39)23-28-15-12-16-33(40(28)55-8)29-18-30(20-32(19-29)48(6)7)41(52)47-36(42(53)45-5)17-27-13-10-9-11-14-27/h25-40,50-51H,9-24H2,1-8H3,(H,45,53)(H,46,54)(H,47,52)/t25-,26-,28?,29?,30?,31+,32?,33?,34-,35+,36-,37-,38+,39-,40?/m0/s1. The molecule has 7 rings (SSSR count). The number of rotatable bonds is 14. The molecule has 0 aromatic rings. The fraction of sp³-hybridized carbons (Fsp3) is 0.932. The number of methoxy groups -OCH3 is 1. The molecule has 3 amide bonds. The Morgan fingerprint density at radius 2 is 1.71 bits per heavy atom. The van der Waals surface area contributed by atoms with E-state index in [9.17, 15) is 24.6 Å². The third kappa shape index (κ3) is 9.15. The summed E-state index contributed by atoms with van der Waals surface area (Å²) in [6.07, 6.45) is 12.5. The summed E-state index contributed by atoms with van der Waals surface area (Å²) in [7, 11) is 7.63. The maximum atomic E-state index is 14.4. The third-order valence-electron chi connectivity index (χ3n) is 16.3. The first kappa shape index (κ1) is 43.7. The Kier molecular flexibility index (Phi) is 14.5. The summed E-state index contributed by atoms with van der Waals surface area (Å²) >= 11 is 0. The van der Waals surface area contributed by atoms with Crippen LogP contribution in [0.15, 0.2) is 0 Å². The molecule has 0 aromatic carbocycles. The topological polar surface area (TPSA) is 153 Å². The highest BCUT2D eigenvalue weighted by atomic mass is 16.7. The molecule has 1 aliphatic heterocycles. The van der Waals surface area contributed by atoms with Crippen LogP contribution in [-0.4, -0.2) is 122 Å². The van der Waals surface area contributed by atoms with Crippen molar-refractivity contribution in [1.29, 1.82) is 0 Å². The molecule has 15 atom stereocenters. The minimum absolute atomic E-state index is 0.0148. The maximum absolute atomic E-state index is 14.4. The van der Waals surface area contributed by atoms with Gasteiger partial charge in [-0.3, -0.25) is 19.2 Å². The van der Waals surface area contributed by atoms with Gasteiger partial charge in [0.1, 0.15) is 18.2 Å².